The second kappa shape index (κ2) is 7.61. The molecule has 0 aliphatic rings. The summed E-state index contributed by atoms with van der Waals surface area (Å²) in [5, 5.41) is 2.11. The minimum Gasteiger partial charge on any atom is -0.487 e. The molecular formula is C23H24O3. The Hall–Kier alpha value is -2.81. The molecule has 0 aromatic heterocycles. The fourth-order valence-corrected chi connectivity index (χ4v) is 2.76. The summed E-state index contributed by atoms with van der Waals surface area (Å²) >= 11 is 0. The Morgan fingerprint density at radius 1 is 0.846 bits per heavy atom. The maximum atomic E-state index is 12.5. The van der Waals surface area contributed by atoms with E-state index < -0.39 is 0 Å². The molecule has 134 valence electrons. The van der Waals surface area contributed by atoms with E-state index in [2.05, 4.69) is 20.8 Å². The predicted octanol–water partition coefficient (Wildman–Crippen LogP) is 6.02. The van der Waals surface area contributed by atoms with Crippen molar-refractivity contribution in [2.75, 3.05) is 0 Å². The zero-order valence-corrected chi connectivity index (χ0v) is 15.5. The number of carbonyl (C=O) groups is 1. The van der Waals surface area contributed by atoms with E-state index in [9.17, 15) is 4.79 Å². The van der Waals surface area contributed by atoms with Gasteiger partial charge in [0.1, 0.15) is 17.1 Å². The number of ether oxygens (including phenoxy) is 2. The van der Waals surface area contributed by atoms with E-state index in [-0.39, 0.29) is 11.6 Å². The van der Waals surface area contributed by atoms with Gasteiger partial charge in [-0.3, -0.25) is 0 Å². The van der Waals surface area contributed by atoms with Crippen LogP contribution in [0.3, 0.4) is 0 Å². The summed E-state index contributed by atoms with van der Waals surface area (Å²) in [7, 11) is 0. The molecule has 3 aromatic rings. The lowest BCUT2D eigenvalue weighted by Crippen LogP contribution is -2.30. The first-order chi connectivity index (χ1) is 12.5. The van der Waals surface area contributed by atoms with Gasteiger partial charge in [0, 0.05) is 6.07 Å². The van der Waals surface area contributed by atoms with Crippen molar-refractivity contribution in [1.29, 1.82) is 0 Å². The van der Waals surface area contributed by atoms with Crippen LogP contribution >= 0.6 is 0 Å². The Morgan fingerprint density at radius 3 is 2.27 bits per heavy atom. The van der Waals surface area contributed by atoms with Gasteiger partial charge < -0.3 is 9.47 Å². The lowest BCUT2D eigenvalue weighted by molar-refractivity contribution is 0.0726. The van der Waals surface area contributed by atoms with Crippen molar-refractivity contribution in [3.8, 4) is 11.5 Å². The zero-order valence-electron chi connectivity index (χ0n) is 15.5. The molecule has 0 spiro atoms. The van der Waals surface area contributed by atoms with E-state index in [1.54, 1.807) is 18.2 Å². The van der Waals surface area contributed by atoms with Crippen LogP contribution in [0.2, 0.25) is 0 Å². The molecule has 0 atom stereocenters. The fourth-order valence-electron chi connectivity index (χ4n) is 2.76. The Bertz CT molecular complexity index is 910. The first-order valence-electron chi connectivity index (χ1n) is 9.03. The van der Waals surface area contributed by atoms with Crippen molar-refractivity contribution in [2.45, 2.75) is 39.2 Å². The van der Waals surface area contributed by atoms with E-state index >= 15 is 0 Å². The molecule has 0 unspecified atom stereocenters. The summed E-state index contributed by atoms with van der Waals surface area (Å²) < 4.78 is 11.6. The number of hydrogen-bond donors (Lipinski definition) is 0. The van der Waals surface area contributed by atoms with Gasteiger partial charge in [-0.05, 0) is 54.8 Å². The van der Waals surface area contributed by atoms with Crippen LogP contribution in [0.25, 0.3) is 10.8 Å². The molecule has 0 N–H and O–H groups in total. The fraction of sp³-hybridized carbons (Fsp3) is 0.261. The zero-order chi connectivity index (χ0) is 18.6. The summed E-state index contributed by atoms with van der Waals surface area (Å²) in [6.45, 7) is 6.29. The molecule has 3 rings (SSSR count). The van der Waals surface area contributed by atoms with E-state index in [1.807, 2.05) is 48.5 Å². The Balaban J connectivity index is 1.77. The standard InChI is InChI=1S/C23H24O3/c1-4-23(3,5-2)26-21-12-8-11-20(16-21)25-22(24)19-14-13-17-9-6-7-10-18(17)15-19/h6-16H,4-5H2,1-3H3. The lowest BCUT2D eigenvalue weighted by Gasteiger charge is -2.28. The molecule has 0 amide bonds. The maximum absolute atomic E-state index is 12.5. The third-order valence-corrected chi connectivity index (χ3v) is 4.86. The highest BCUT2D eigenvalue weighted by Gasteiger charge is 2.21. The molecule has 0 saturated carbocycles. The molecule has 0 fully saturated rings. The normalized spacial score (nSPS) is 11.3. The van der Waals surface area contributed by atoms with Crippen LogP contribution in [0.4, 0.5) is 0 Å². The third kappa shape index (κ3) is 4.05. The molecule has 3 nitrogen and oxygen atoms in total. The van der Waals surface area contributed by atoms with Crippen LogP contribution in [0.5, 0.6) is 11.5 Å². The third-order valence-electron chi connectivity index (χ3n) is 4.86. The van der Waals surface area contributed by atoms with Crippen LogP contribution in [-0.4, -0.2) is 11.6 Å². The molecule has 3 aromatic carbocycles. The van der Waals surface area contributed by atoms with Crippen molar-refractivity contribution < 1.29 is 14.3 Å². The topological polar surface area (TPSA) is 35.5 Å². The molecule has 0 saturated heterocycles. The molecule has 26 heavy (non-hydrogen) atoms. The number of fused-ring (bicyclic) bond motifs is 1. The van der Waals surface area contributed by atoms with E-state index in [0.29, 0.717) is 17.1 Å². The highest BCUT2D eigenvalue weighted by atomic mass is 16.5. The second-order valence-corrected chi connectivity index (χ2v) is 6.69. The summed E-state index contributed by atoms with van der Waals surface area (Å²) in [6, 6.07) is 20.8. The number of hydrogen-bond acceptors (Lipinski definition) is 3. The van der Waals surface area contributed by atoms with E-state index in [4.69, 9.17) is 9.47 Å². The van der Waals surface area contributed by atoms with Gasteiger partial charge in [0.2, 0.25) is 0 Å². The van der Waals surface area contributed by atoms with Gasteiger partial charge in [-0.25, -0.2) is 4.79 Å². The molecule has 0 aliphatic carbocycles. The first kappa shape index (κ1) is 18.0. The summed E-state index contributed by atoms with van der Waals surface area (Å²) in [5.74, 6) is 0.817. The lowest BCUT2D eigenvalue weighted by atomic mass is 10.00. The van der Waals surface area contributed by atoms with Crippen LogP contribution in [0, 0.1) is 0 Å². The van der Waals surface area contributed by atoms with Gasteiger partial charge in [0.25, 0.3) is 0 Å². The van der Waals surface area contributed by atoms with Crippen LogP contribution in [-0.2, 0) is 0 Å². The van der Waals surface area contributed by atoms with Gasteiger partial charge in [-0.1, -0.05) is 50.2 Å². The SMILES string of the molecule is CCC(C)(CC)Oc1cccc(OC(=O)c2ccc3ccccc3c2)c1. The quantitative estimate of drug-likeness (QED) is 0.404. The van der Waals surface area contributed by atoms with E-state index in [1.165, 1.54) is 0 Å². The largest absolute Gasteiger partial charge is 0.487 e. The van der Waals surface area contributed by atoms with Gasteiger partial charge in [-0.15, -0.1) is 0 Å². The number of esters is 1. The second-order valence-electron chi connectivity index (χ2n) is 6.69. The number of benzene rings is 3. The Morgan fingerprint density at radius 2 is 1.54 bits per heavy atom. The average Bonchev–Trinajstić information content (AvgIpc) is 2.67. The summed E-state index contributed by atoms with van der Waals surface area (Å²) in [6.07, 6.45) is 1.81. The van der Waals surface area contributed by atoms with Gasteiger partial charge >= 0.3 is 5.97 Å². The van der Waals surface area contributed by atoms with E-state index in [0.717, 1.165) is 23.6 Å². The molecule has 0 heterocycles. The smallest absolute Gasteiger partial charge is 0.343 e. The van der Waals surface area contributed by atoms with Crippen molar-refractivity contribution in [3.05, 3.63) is 72.3 Å². The molecule has 0 radical (unpaired) electrons. The van der Waals surface area contributed by atoms with Gasteiger partial charge in [0.15, 0.2) is 0 Å². The minimum absolute atomic E-state index is 0.221. The Labute approximate surface area is 154 Å². The van der Waals surface area contributed by atoms with Crippen molar-refractivity contribution in [3.63, 3.8) is 0 Å². The van der Waals surface area contributed by atoms with Crippen LogP contribution < -0.4 is 9.47 Å². The highest BCUT2D eigenvalue weighted by molar-refractivity contribution is 5.96. The predicted molar refractivity (Wildman–Crippen MR) is 105 cm³/mol. The number of rotatable bonds is 6. The summed E-state index contributed by atoms with van der Waals surface area (Å²) in [5.41, 5.74) is 0.308. The maximum Gasteiger partial charge on any atom is 0.343 e. The van der Waals surface area contributed by atoms with Crippen LogP contribution in [0.15, 0.2) is 66.7 Å². The highest BCUT2D eigenvalue weighted by Crippen LogP contribution is 2.27. The first-order valence-corrected chi connectivity index (χ1v) is 9.03. The van der Waals surface area contributed by atoms with Gasteiger partial charge in [0.05, 0.1) is 5.56 Å². The van der Waals surface area contributed by atoms with Crippen molar-refractivity contribution in [1.82, 2.24) is 0 Å². The number of carbonyl (C=O) groups excluding carboxylic acids is 1. The van der Waals surface area contributed by atoms with Gasteiger partial charge in [-0.2, -0.15) is 0 Å². The van der Waals surface area contributed by atoms with Crippen molar-refractivity contribution in [2.24, 2.45) is 0 Å². The Kier molecular flexibility index (Phi) is 5.27. The molecule has 3 heteroatoms. The molecular weight excluding hydrogens is 324 g/mol. The monoisotopic (exact) mass is 348 g/mol. The molecule has 0 bridgehead atoms. The molecule has 0 aliphatic heterocycles. The minimum atomic E-state index is -0.373. The van der Waals surface area contributed by atoms with Crippen molar-refractivity contribution >= 4 is 16.7 Å². The average molecular weight is 348 g/mol. The van der Waals surface area contributed by atoms with Crippen LogP contribution in [0.1, 0.15) is 44.0 Å². The summed E-state index contributed by atoms with van der Waals surface area (Å²) in [4.78, 5) is 12.5.